The zero-order valence-corrected chi connectivity index (χ0v) is 20.8. The van der Waals surface area contributed by atoms with Crippen molar-refractivity contribution in [2.75, 3.05) is 19.6 Å². The second-order valence-electron chi connectivity index (χ2n) is 8.21. The van der Waals surface area contributed by atoms with Crippen LogP contribution in [0.2, 0.25) is 5.02 Å². The number of benzene rings is 1. The Morgan fingerprint density at radius 2 is 1.92 bits per heavy atom. The van der Waals surface area contributed by atoms with Gasteiger partial charge in [-0.1, -0.05) is 29.4 Å². The van der Waals surface area contributed by atoms with E-state index in [1.807, 2.05) is 0 Å². The van der Waals surface area contributed by atoms with Crippen molar-refractivity contribution >= 4 is 63.3 Å². The highest BCUT2D eigenvalue weighted by atomic mass is 35.5. The van der Waals surface area contributed by atoms with E-state index in [0.717, 1.165) is 33.0 Å². The number of aromatic hydroxyl groups is 1. The van der Waals surface area contributed by atoms with Gasteiger partial charge in [0.2, 0.25) is 16.7 Å². The summed E-state index contributed by atoms with van der Waals surface area (Å²) >= 11 is 6.61. The van der Waals surface area contributed by atoms with Crippen LogP contribution in [0.25, 0.3) is 0 Å². The van der Waals surface area contributed by atoms with Crippen LogP contribution in [0.4, 0.5) is 9.59 Å². The van der Waals surface area contributed by atoms with Gasteiger partial charge in [-0.05, 0) is 12.1 Å². The fourth-order valence-corrected chi connectivity index (χ4v) is 7.16. The number of carboxylic acid groups (broad SMARTS) is 1. The summed E-state index contributed by atoms with van der Waals surface area (Å²) in [6.07, 6.45) is 0. The van der Waals surface area contributed by atoms with Crippen molar-refractivity contribution in [3.8, 4) is 5.75 Å². The monoisotopic (exact) mass is 578 g/mol. The van der Waals surface area contributed by atoms with E-state index in [9.17, 15) is 47.2 Å². The summed E-state index contributed by atoms with van der Waals surface area (Å²) in [6, 6.07) is -0.303. The van der Waals surface area contributed by atoms with Crippen LogP contribution in [-0.2, 0) is 24.5 Å². The molecule has 0 bridgehead atoms. The van der Waals surface area contributed by atoms with E-state index in [0.29, 0.717) is 11.8 Å². The van der Waals surface area contributed by atoms with E-state index in [1.54, 1.807) is 0 Å². The number of amides is 6. The Bertz CT molecular complexity index is 1330. The number of halogens is 1. The highest BCUT2D eigenvalue weighted by molar-refractivity contribution is 8.02. The number of phenolic OH excluding ortho intramolecular Hbond substituents is 1. The number of carbonyl (C=O) groups excluding carboxylic acids is 4. The van der Waals surface area contributed by atoms with Gasteiger partial charge in [0, 0.05) is 17.1 Å². The van der Waals surface area contributed by atoms with Crippen LogP contribution in [0.3, 0.4) is 0 Å². The molecule has 6 amide bonds. The maximum absolute atomic E-state index is 12.9. The van der Waals surface area contributed by atoms with Crippen LogP contribution in [0.15, 0.2) is 18.2 Å². The van der Waals surface area contributed by atoms with Gasteiger partial charge in [-0.2, -0.15) is 8.42 Å². The van der Waals surface area contributed by atoms with Gasteiger partial charge in [-0.3, -0.25) is 19.0 Å². The molecule has 3 aliphatic rings. The van der Waals surface area contributed by atoms with Crippen molar-refractivity contribution in [3.05, 3.63) is 28.8 Å². The van der Waals surface area contributed by atoms with Crippen LogP contribution in [0.5, 0.6) is 5.75 Å². The lowest BCUT2D eigenvalue weighted by molar-refractivity contribution is -0.151. The molecule has 0 spiro atoms. The fraction of sp³-hybridized carbons (Fsp3) is 0.389. The molecule has 1 aromatic carbocycles. The summed E-state index contributed by atoms with van der Waals surface area (Å²) in [5.41, 5.74) is 6.72. The number of phenols is 1. The van der Waals surface area contributed by atoms with Crippen molar-refractivity contribution < 1.29 is 47.2 Å². The molecule has 3 aliphatic heterocycles. The van der Waals surface area contributed by atoms with E-state index in [4.69, 9.17) is 17.3 Å². The number of hydrogen-bond acceptors (Lipinski definition) is 9. The number of thioether (sulfide) groups is 1. The second-order valence-corrected chi connectivity index (χ2v) is 11.5. The number of hydrogen-bond donors (Lipinski definition) is 6. The van der Waals surface area contributed by atoms with Crippen LogP contribution >= 0.6 is 23.4 Å². The molecule has 0 radical (unpaired) electrons. The molecule has 16 nitrogen and oxygen atoms in total. The molecule has 0 saturated carbocycles. The normalized spacial score (nSPS) is 25.9. The third-order valence-electron chi connectivity index (χ3n) is 5.97. The Morgan fingerprint density at radius 3 is 2.49 bits per heavy atom. The molecule has 3 heterocycles. The maximum Gasteiger partial charge on any atom is 0.342 e. The number of aliphatic carboxylic acids is 1. The Labute approximate surface area is 217 Å². The van der Waals surface area contributed by atoms with Crippen molar-refractivity contribution in [1.29, 1.82) is 0 Å². The van der Waals surface area contributed by atoms with E-state index in [1.165, 1.54) is 0 Å². The standard InChI is InChI=1S/C18H19ClN6O10S2/c19-9-5-7(26)1-2-8(9)11(37(33,34)35)12(27)21-10-13(28)23-6-18(15(29)30,36-14(10)23)24-3-4-25(17(24)32)22-16(20)31/h1-2,5,10-11,14,26H,3-4,6H2,(H,21,27)(H,29,30)(H3,20,22,31)(H,33,34,35)/t10-,11?,14-,18-/m1/s1. The van der Waals surface area contributed by atoms with Gasteiger partial charge in [0.25, 0.3) is 10.1 Å². The summed E-state index contributed by atoms with van der Waals surface area (Å²) in [5, 5.41) is 18.9. The molecule has 4 rings (SSSR count). The quantitative estimate of drug-likeness (QED) is 0.160. The number of urea groups is 2. The molecule has 19 heteroatoms. The van der Waals surface area contributed by atoms with Crippen molar-refractivity contribution in [2.24, 2.45) is 5.73 Å². The van der Waals surface area contributed by atoms with Gasteiger partial charge in [0.15, 0.2) is 5.25 Å². The minimum atomic E-state index is -5.10. The van der Waals surface area contributed by atoms with Gasteiger partial charge in [0.1, 0.15) is 17.2 Å². The summed E-state index contributed by atoms with van der Waals surface area (Å²) in [5.74, 6) is -3.87. The maximum atomic E-state index is 12.9. The summed E-state index contributed by atoms with van der Waals surface area (Å²) in [4.78, 5) is 61.9. The molecular formula is C18H19ClN6O10S2. The Kier molecular flexibility index (Phi) is 6.55. The molecule has 3 saturated heterocycles. The first kappa shape index (κ1) is 26.6. The van der Waals surface area contributed by atoms with E-state index in [2.05, 4.69) is 10.7 Å². The minimum absolute atomic E-state index is 0.0838. The van der Waals surface area contributed by atoms with Crippen LogP contribution < -0.4 is 16.5 Å². The van der Waals surface area contributed by atoms with Crippen LogP contribution in [0.1, 0.15) is 10.8 Å². The lowest BCUT2D eigenvalue weighted by Crippen LogP contribution is -2.68. The fourth-order valence-electron chi connectivity index (χ4n) is 4.31. The number of β-lactam (4-membered cyclic amide) rings is 1. The molecule has 4 atom stereocenters. The first-order valence-corrected chi connectivity index (χ1v) is 13.1. The minimum Gasteiger partial charge on any atom is -0.508 e. The zero-order chi connectivity index (χ0) is 27.4. The summed E-state index contributed by atoms with van der Waals surface area (Å²) in [7, 11) is -5.10. The molecule has 1 aromatic rings. The lowest BCUT2D eigenvalue weighted by atomic mass is 10.0. The highest BCUT2D eigenvalue weighted by Crippen LogP contribution is 2.49. The largest absolute Gasteiger partial charge is 0.508 e. The molecule has 0 aromatic heterocycles. The molecule has 0 aliphatic carbocycles. The van der Waals surface area contributed by atoms with Gasteiger partial charge in [0.05, 0.1) is 13.1 Å². The molecule has 200 valence electrons. The van der Waals surface area contributed by atoms with Crippen molar-refractivity contribution in [2.45, 2.75) is 21.5 Å². The lowest BCUT2D eigenvalue weighted by Gasteiger charge is -2.41. The third kappa shape index (κ3) is 4.45. The average molecular weight is 579 g/mol. The van der Waals surface area contributed by atoms with Gasteiger partial charge >= 0.3 is 18.0 Å². The van der Waals surface area contributed by atoms with E-state index >= 15 is 0 Å². The van der Waals surface area contributed by atoms with Crippen molar-refractivity contribution in [3.63, 3.8) is 0 Å². The molecule has 1 unspecified atom stereocenters. The summed E-state index contributed by atoms with van der Waals surface area (Å²) < 4.78 is 33.7. The number of nitrogens with one attached hydrogen (secondary N) is 2. The highest BCUT2D eigenvalue weighted by Gasteiger charge is 2.66. The summed E-state index contributed by atoms with van der Waals surface area (Å²) in [6.45, 7) is -0.668. The zero-order valence-electron chi connectivity index (χ0n) is 18.4. The molecular weight excluding hydrogens is 560 g/mol. The van der Waals surface area contributed by atoms with Crippen LogP contribution in [-0.4, -0.2) is 104 Å². The first-order chi connectivity index (χ1) is 17.2. The molecule has 7 N–H and O–H groups in total. The second kappa shape index (κ2) is 9.12. The Hall–Kier alpha value is -3.48. The number of rotatable bonds is 7. The average Bonchev–Trinajstić information content (AvgIpc) is 3.32. The van der Waals surface area contributed by atoms with Gasteiger partial charge in [-0.15, -0.1) is 0 Å². The van der Waals surface area contributed by atoms with Crippen molar-refractivity contribution in [1.82, 2.24) is 25.6 Å². The molecule has 3 fully saturated rings. The number of nitrogens with zero attached hydrogens (tertiary/aromatic N) is 3. The number of carboxylic acids is 1. The molecule has 37 heavy (non-hydrogen) atoms. The third-order valence-corrected chi connectivity index (χ3v) is 9.04. The predicted molar refractivity (Wildman–Crippen MR) is 124 cm³/mol. The number of carbonyl (C=O) groups is 5. The van der Waals surface area contributed by atoms with Gasteiger partial charge in [-0.25, -0.2) is 24.8 Å². The van der Waals surface area contributed by atoms with Gasteiger partial charge < -0.3 is 26.2 Å². The predicted octanol–water partition coefficient (Wildman–Crippen LogP) is -1.52. The SMILES string of the molecule is NC(=O)NN1CCN([C@]2(C(=O)O)CN3C(=O)[C@@H](NC(=O)C(c4ccc(O)cc4Cl)S(=O)(=O)O)[C@H]3S2)C1=O. The van der Waals surface area contributed by atoms with E-state index in [-0.39, 0.29) is 29.4 Å². The van der Waals surface area contributed by atoms with Crippen LogP contribution in [0, 0.1) is 0 Å². The number of nitrogens with two attached hydrogens (primary N) is 1. The Morgan fingerprint density at radius 1 is 1.24 bits per heavy atom. The first-order valence-electron chi connectivity index (χ1n) is 10.3. The Balaban J connectivity index is 1.56. The topological polar surface area (TPSA) is 240 Å². The number of fused-ring (bicyclic) bond motifs is 1. The number of primary amides is 1. The van der Waals surface area contributed by atoms with E-state index < -0.39 is 68.0 Å². The number of hydrazine groups is 1. The smallest absolute Gasteiger partial charge is 0.342 e.